The van der Waals surface area contributed by atoms with Gasteiger partial charge < -0.3 is 9.30 Å². The molecule has 1 aromatic carbocycles. The molecule has 1 aromatic rings. The Labute approximate surface area is 123 Å². The molecule has 0 bridgehead atoms. The zero-order chi connectivity index (χ0) is 14.8. The number of hydrogen-bond acceptors (Lipinski definition) is 3. The minimum absolute atomic E-state index is 0.280. The second kappa shape index (κ2) is 5.56. The zero-order valence-corrected chi connectivity index (χ0v) is 12.3. The molecule has 0 aromatic heterocycles. The fourth-order valence-corrected chi connectivity index (χ4v) is 2.62. The molecule has 0 atom stereocenters. The van der Waals surface area contributed by atoms with Gasteiger partial charge in [-0.25, -0.2) is 9.78 Å². The van der Waals surface area contributed by atoms with Crippen LogP contribution in [0.15, 0.2) is 36.5 Å². The van der Waals surface area contributed by atoms with Crippen LogP contribution in [0.5, 0.6) is 0 Å². The van der Waals surface area contributed by atoms with Gasteiger partial charge in [-0.15, -0.1) is 0 Å². The third-order valence-electron chi connectivity index (χ3n) is 3.53. The van der Waals surface area contributed by atoms with Gasteiger partial charge in [0.2, 0.25) is 0 Å². The van der Waals surface area contributed by atoms with E-state index in [1.165, 1.54) is 0 Å². The molecule has 0 unspecified atom stereocenters. The van der Waals surface area contributed by atoms with Crippen LogP contribution in [0.1, 0.15) is 30.8 Å². The molecule has 0 saturated carbocycles. The van der Waals surface area contributed by atoms with Crippen molar-refractivity contribution in [2.24, 2.45) is 0 Å². The molecular weight excluding hydrogens is 264 g/mol. The van der Waals surface area contributed by atoms with E-state index in [0.717, 1.165) is 35.1 Å². The Hall–Kier alpha value is -2.36. The number of carbonyl (C=O) groups excluding carboxylic acids is 1. The van der Waals surface area contributed by atoms with Crippen molar-refractivity contribution in [3.8, 4) is 11.3 Å². The standard InChI is InChI=1S/C17H18N2O2/c1-3-9-19-11-15-13(10-16(19)17(20)21-4-2)12-7-5-6-8-14(12)18-15/h5-8,10-11H,3-4,9H2,1-2H3. The highest BCUT2D eigenvalue weighted by molar-refractivity contribution is 5.99. The van der Waals surface area contributed by atoms with Gasteiger partial charge in [0.05, 0.1) is 17.8 Å². The van der Waals surface area contributed by atoms with Gasteiger partial charge in [-0.1, -0.05) is 25.1 Å². The van der Waals surface area contributed by atoms with E-state index in [-0.39, 0.29) is 5.97 Å². The average molecular weight is 282 g/mol. The number of hydrogen-bond donors (Lipinski definition) is 0. The van der Waals surface area contributed by atoms with Crippen LogP contribution in [0.2, 0.25) is 0 Å². The van der Waals surface area contributed by atoms with Crippen molar-refractivity contribution in [2.45, 2.75) is 26.8 Å². The van der Waals surface area contributed by atoms with Gasteiger partial charge in [0.15, 0.2) is 0 Å². The fraction of sp³-hybridized carbons (Fsp3) is 0.294. The predicted molar refractivity (Wildman–Crippen MR) is 82.6 cm³/mol. The maximum absolute atomic E-state index is 12.2. The second-order valence-electron chi connectivity index (χ2n) is 5.00. The van der Waals surface area contributed by atoms with E-state index in [9.17, 15) is 4.79 Å². The first kappa shape index (κ1) is 13.6. The molecule has 4 nitrogen and oxygen atoms in total. The third-order valence-corrected chi connectivity index (χ3v) is 3.53. The smallest absolute Gasteiger partial charge is 0.354 e. The summed E-state index contributed by atoms with van der Waals surface area (Å²) in [4.78, 5) is 16.8. The minimum atomic E-state index is -0.280. The monoisotopic (exact) mass is 282 g/mol. The molecule has 0 radical (unpaired) electrons. The van der Waals surface area contributed by atoms with Crippen LogP contribution >= 0.6 is 0 Å². The molecule has 3 rings (SSSR count). The van der Waals surface area contributed by atoms with Crippen LogP contribution in [0.4, 0.5) is 0 Å². The molecule has 0 aliphatic carbocycles. The molecule has 0 spiro atoms. The molecule has 2 aliphatic heterocycles. The van der Waals surface area contributed by atoms with Gasteiger partial charge >= 0.3 is 5.97 Å². The number of fused-ring (bicyclic) bond motifs is 3. The van der Waals surface area contributed by atoms with Gasteiger partial charge in [-0.2, -0.15) is 0 Å². The van der Waals surface area contributed by atoms with Gasteiger partial charge in [0.25, 0.3) is 0 Å². The molecule has 0 N–H and O–H groups in total. The van der Waals surface area contributed by atoms with Crippen molar-refractivity contribution >= 4 is 16.9 Å². The summed E-state index contributed by atoms with van der Waals surface area (Å²) in [5, 5.41) is 1.07. The number of ether oxygens (including phenoxy) is 1. The van der Waals surface area contributed by atoms with Crippen LogP contribution in [0, 0.1) is 0 Å². The molecule has 21 heavy (non-hydrogen) atoms. The zero-order valence-electron chi connectivity index (χ0n) is 12.3. The van der Waals surface area contributed by atoms with Crippen LogP contribution in [0.3, 0.4) is 0 Å². The summed E-state index contributed by atoms with van der Waals surface area (Å²) in [6.45, 7) is 5.05. The van der Waals surface area contributed by atoms with Crippen LogP contribution < -0.4 is 0 Å². The first-order chi connectivity index (χ1) is 10.2. The lowest BCUT2D eigenvalue weighted by molar-refractivity contribution is 0.0512. The predicted octanol–water partition coefficient (Wildman–Crippen LogP) is 3.73. The highest BCUT2D eigenvalue weighted by Crippen LogP contribution is 2.31. The summed E-state index contributed by atoms with van der Waals surface area (Å²) in [5.41, 5.74) is 3.46. The number of esters is 1. The largest absolute Gasteiger partial charge is 0.461 e. The SMILES string of the molecule is CCCn1cc2nc3ccccc3c-2cc1C(=O)OCC. The van der Waals surface area contributed by atoms with Gasteiger partial charge in [0.1, 0.15) is 5.69 Å². The van der Waals surface area contributed by atoms with E-state index in [2.05, 4.69) is 11.9 Å². The quantitative estimate of drug-likeness (QED) is 0.685. The van der Waals surface area contributed by atoms with E-state index in [1.54, 1.807) is 0 Å². The second-order valence-corrected chi connectivity index (χ2v) is 5.00. The molecular formula is C17H18N2O2. The molecule has 108 valence electrons. The summed E-state index contributed by atoms with van der Waals surface area (Å²) < 4.78 is 7.11. The highest BCUT2D eigenvalue weighted by atomic mass is 16.5. The first-order valence-corrected chi connectivity index (χ1v) is 7.30. The molecule has 2 heterocycles. The summed E-state index contributed by atoms with van der Waals surface area (Å²) >= 11 is 0. The number of benzene rings is 1. The Morgan fingerprint density at radius 2 is 2.10 bits per heavy atom. The average Bonchev–Trinajstić information content (AvgIpc) is 2.84. The van der Waals surface area contributed by atoms with Gasteiger partial charge in [0, 0.05) is 23.7 Å². The van der Waals surface area contributed by atoms with E-state index >= 15 is 0 Å². The van der Waals surface area contributed by atoms with Crippen LogP contribution in [-0.2, 0) is 11.3 Å². The molecule has 4 heteroatoms. The van der Waals surface area contributed by atoms with Crippen LogP contribution in [-0.4, -0.2) is 22.1 Å². The summed E-state index contributed by atoms with van der Waals surface area (Å²) in [5.74, 6) is -0.280. The van der Waals surface area contributed by atoms with Gasteiger partial charge in [-0.3, -0.25) is 0 Å². The molecule has 0 fully saturated rings. The summed E-state index contributed by atoms with van der Waals surface area (Å²) in [7, 11) is 0. The van der Waals surface area contributed by atoms with Crippen molar-refractivity contribution in [2.75, 3.05) is 6.61 Å². The highest BCUT2D eigenvalue weighted by Gasteiger charge is 2.18. The lowest BCUT2D eigenvalue weighted by atomic mass is 10.1. The Morgan fingerprint density at radius 3 is 2.86 bits per heavy atom. The maximum atomic E-state index is 12.2. The number of aromatic nitrogens is 2. The Morgan fingerprint density at radius 1 is 1.29 bits per heavy atom. The molecule has 2 aliphatic rings. The number of nitrogens with zero attached hydrogens (tertiary/aromatic N) is 2. The van der Waals surface area contributed by atoms with Crippen molar-refractivity contribution in [1.29, 1.82) is 0 Å². The van der Waals surface area contributed by atoms with Crippen molar-refractivity contribution in [3.63, 3.8) is 0 Å². The number of pyridine rings is 1. The number of carbonyl (C=O) groups is 1. The number of para-hydroxylation sites is 1. The van der Waals surface area contributed by atoms with E-state index in [0.29, 0.717) is 12.3 Å². The van der Waals surface area contributed by atoms with Crippen LogP contribution in [0.25, 0.3) is 22.2 Å². The molecule has 0 saturated heterocycles. The lowest BCUT2D eigenvalue weighted by Gasteiger charge is -2.14. The van der Waals surface area contributed by atoms with E-state index in [4.69, 9.17) is 4.74 Å². The lowest BCUT2D eigenvalue weighted by Crippen LogP contribution is -2.15. The number of aryl methyl sites for hydroxylation is 1. The first-order valence-electron chi connectivity index (χ1n) is 7.30. The van der Waals surface area contributed by atoms with Gasteiger partial charge in [-0.05, 0) is 25.5 Å². The van der Waals surface area contributed by atoms with E-state index in [1.807, 2.05) is 48.0 Å². The Balaban J connectivity index is 2.23. The van der Waals surface area contributed by atoms with E-state index < -0.39 is 0 Å². The minimum Gasteiger partial charge on any atom is -0.461 e. The Bertz CT molecular complexity index is 761. The molecule has 0 amide bonds. The Kier molecular flexibility index (Phi) is 3.60. The topological polar surface area (TPSA) is 44.1 Å². The number of rotatable bonds is 4. The maximum Gasteiger partial charge on any atom is 0.354 e. The summed E-state index contributed by atoms with van der Waals surface area (Å²) in [6, 6.07) is 9.88. The van der Waals surface area contributed by atoms with Crippen molar-refractivity contribution in [1.82, 2.24) is 9.55 Å². The van der Waals surface area contributed by atoms with Crippen molar-refractivity contribution < 1.29 is 9.53 Å². The summed E-state index contributed by atoms with van der Waals surface area (Å²) in [6.07, 6.45) is 2.90. The fourth-order valence-electron chi connectivity index (χ4n) is 2.62. The van der Waals surface area contributed by atoms with Crippen molar-refractivity contribution in [3.05, 3.63) is 42.2 Å². The third kappa shape index (κ3) is 2.37. The normalized spacial score (nSPS) is 11.1.